The van der Waals surface area contributed by atoms with Gasteiger partial charge in [-0.25, -0.2) is 9.97 Å². The zero-order valence-electron chi connectivity index (χ0n) is 7.87. The molecule has 0 fully saturated rings. The topological polar surface area (TPSA) is 56.2 Å². The normalized spacial score (nSPS) is 11.1. The molecule has 0 aliphatic rings. The lowest BCUT2D eigenvalue weighted by molar-refractivity contribution is 0.934. The smallest absolute Gasteiger partial charge is 0.235 e. The summed E-state index contributed by atoms with van der Waals surface area (Å²) in [5.41, 5.74) is 7.33. The van der Waals surface area contributed by atoms with Crippen molar-refractivity contribution in [3.05, 3.63) is 28.8 Å². The van der Waals surface area contributed by atoms with Crippen LogP contribution in [-0.2, 0) is 6.42 Å². The molecule has 74 valence electrons. The fourth-order valence-electron chi connectivity index (χ4n) is 1.35. The second-order valence-corrected chi connectivity index (χ2v) is 3.52. The zero-order valence-corrected chi connectivity index (χ0v) is 8.62. The monoisotopic (exact) mass is 210 g/mol. The number of hydrogen-bond acceptors (Lipinski definition) is 3. The molecule has 2 rings (SSSR count). The van der Waals surface area contributed by atoms with Gasteiger partial charge in [0.25, 0.3) is 0 Å². The summed E-state index contributed by atoms with van der Waals surface area (Å²) in [7, 11) is 0. The van der Waals surface area contributed by atoms with Crippen LogP contribution in [0.5, 0.6) is 0 Å². The van der Waals surface area contributed by atoms with E-state index >= 15 is 0 Å². The van der Waals surface area contributed by atoms with Crippen LogP contribution in [-0.4, -0.2) is 20.9 Å². The van der Waals surface area contributed by atoms with Gasteiger partial charge in [0.1, 0.15) is 5.15 Å². The molecule has 0 unspecified atom stereocenters. The summed E-state index contributed by atoms with van der Waals surface area (Å²) in [6.07, 6.45) is 4.51. The predicted octanol–water partition coefficient (Wildman–Crippen LogP) is 1.19. The lowest BCUT2D eigenvalue weighted by atomic mass is 10.2. The van der Waals surface area contributed by atoms with Crippen molar-refractivity contribution in [3.8, 4) is 0 Å². The summed E-state index contributed by atoms with van der Waals surface area (Å²) in [6, 6.07) is 0. The Morgan fingerprint density at radius 2 is 2.36 bits per heavy atom. The molecule has 14 heavy (non-hydrogen) atoms. The van der Waals surface area contributed by atoms with Gasteiger partial charge in [-0.15, -0.1) is 0 Å². The first-order chi connectivity index (χ1) is 6.72. The number of halogens is 1. The molecule has 0 saturated heterocycles. The van der Waals surface area contributed by atoms with Crippen molar-refractivity contribution in [1.82, 2.24) is 14.4 Å². The molecule has 0 amide bonds. The highest BCUT2D eigenvalue weighted by atomic mass is 35.5. The van der Waals surface area contributed by atoms with Gasteiger partial charge in [0.15, 0.2) is 0 Å². The summed E-state index contributed by atoms with van der Waals surface area (Å²) in [6.45, 7) is 2.47. The van der Waals surface area contributed by atoms with E-state index in [-0.39, 0.29) is 0 Å². The van der Waals surface area contributed by atoms with E-state index in [9.17, 15) is 0 Å². The first-order valence-corrected chi connectivity index (χ1v) is 4.79. The summed E-state index contributed by atoms with van der Waals surface area (Å²) < 4.78 is 1.78. The molecular weight excluding hydrogens is 200 g/mol. The summed E-state index contributed by atoms with van der Waals surface area (Å²) in [5.74, 6) is 0.633. The molecule has 2 aromatic heterocycles. The maximum absolute atomic E-state index is 6.04. The van der Waals surface area contributed by atoms with Crippen LogP contribution in [0, 0.1) is 6.92 Å². The van der Waals surface area contributed by atoms with E-state index in [0.717, 1.165) is 17.7 Å². The molecule has 4 nitrogen and oxygen atoms in total. The van der Waals surface area contributed by atoms with Crippen LogP contribution in [0.2, 0.25) is 5.15 Å². The number of fused-ring (bicyclic) bond motifs is 1. The maximum Gasteiger partial charge on any atom is 0.235 e. The summed E-state index contributed by atoms with van der Waals surface area (Å²) >= 11 is 6.04. The van der Waals surface area contributed by atoms with E-state index in [1.165, 1.54) is 0 Å². The molecule has 0 aromatic carbocycles. The van der Waals surface area contributed by atoms with Crippen molar-refractivity contribution in [2.24, 2.45) is 5.73 Å². The van der Waals surface area contributed by atoms with Gasteiger partial charge in [-0.05, 0) is 25.5 Å². The van der Waals surface area contributed by atoms with E-state index in [1.54, 1.807) is 10.6 Å². The number of hydrogen-bond donors (Lipinski definition) is 1. The van der Waals surface area contributed by atoms with Crippen molar-refractivity contribution in [1.29, 1.82) is 0 Å². The number of aromatic nitrogens is 3. The number of nitrogens with two attached hydrogens (primary N) is 1. The van der Waals surface area contributed by atoms with E-state index in [4.69, 9.17) is 17.3 Å². The Labute approximate surface area is 86.7 Å². The molecule has 0 spiro atoms. The van der Waals surface area contributed by atoms with E-state index in [1.807, 2.05) is 13.1 Å². The SMILES string of the molecule is Cc1nc2ncc(CCN)cn2c1Cl. The largest absolute Gasteiger partial charge is 0.330 e. The molecule has 0 aliphatic heterocycles. The maximum atomic E-state index is 6.04. The predicted molar refractivity (Wildman–Crippen MR) is 55.5 cm³/mol. The third kappa shape index (κ3) is 1.47. The fourth-order valence-corrected chi connectivity index (χ4v) is 1.52. The van der Waals surface area contributed by atoms with Crippen LogP contribution in [0.15, 0.2) is 12.4 Å². The Balaban J connectivity index is 2.58. The van der Waals surface area contributed by atoms with Crippen molar-refractivity contribution in [2.75, 3.05) is 6.54 Å². The Kier molecular flexibility index (Phi) is 2.39. The van der Waals surface area contributed by atoms with Crippen molar-refractivity contribution >= 4 is 17.4 Å². The minimum absolute atomic E-state index is 0.610. The third-order valence-corrected chi connectivity index (χ3v) is 2.52. The summed E-state index contributed by atoms with van der Waals surface area (Å²) in [5, 5.41) is 0.617. The van der Waals surface area contributed by atoms with Crippen molar-refractivity contribution in [3.63, 3.8) is 0 Å². The molecule has 5 heteroatoms. The molecule has 0 bridgehead atoms. The van der Waals surface area contributed by atoms with E-state index in [0.29, 0.717) is 17.5 Å². The molecule has 2 heterocycles. The number of rotatable bonds is 2. The highest BCUT2D eigenvalue weighted by Gasteiger charge is 2.06. The number of nitrogens with zero attached hydrogens (tertiary/aromatic N) is 3. The minimum atomic E-state index is 0.610. The van der Waals surface area contributed by atoms with Crippen LogP contribution >= 0.6 is 11.6 Å². The van der Waals surface area contributed by atoms with Gasteiger partial charge in [0.2, 0.25) is 5.78 Å². The highest BCUT2D eigenvalue weighted by Crippen LogP contribution is 2.16. The fraction of sp³-hybridized carbons (Fsp3) is 0.333. The molecule has 0 radical (unpaired) electrons. The zero-order chi connectivity index (χ0) is 10.1. The summed E-state index contributed by atoms with van der Waals surface area (Å²) in [4.78, 5) is 8.40. The van der Waals surface area contributed by atoms with Gasteiger partial charge in [0.05, 0.1) is 5.69 Å². The van der Waals surface area contributed by atoms with Crippen molar-refractivity contribution < 1.29 is 0 Å². The standard InChI is InChI=1S/C9H11ClN4/c1-6-8(10)14-5-7(2-3-11)4-12-9(14)13-6/h4-5H,2-3,11H2,1H3. The lowest BCUT2D eigenvalue weighted by Crippen LogP contribution is -2.04. The lowest BCUT2D eigenvalue weighted by Gasteiger charge is -1.99. The molecule has 2 aromatic rings. The van der Waals surface area contributed by atoms with Crippen molar-refractivity contribution in [2.45, 2.75) is 13.3 Å². The van der Waals surface area contributed by atoms with Gasteiger partial charge in [-0.3, -0.25) is 4.40 Å². The Morgan fingerprint density at radius 3 is 3.07 bits per heavy atom. The average molecular weight is 211 g/mol. The first kappa shape index (κ1) is 9.43. The molecule has 2 N–H and O–H groups in total. The second-order valence-electron chi connectivity index (χ2n) is 3.16. The van der Waals surface area contributed by atoms with Gasteiger partial charge >= 0.3 is 0 Å². The Hall–Kier alpha value is -1.13. The van der Waals surface area contributed by atoms with E-state index in [2.05, 4.69) is 9.97 Å². The molecule has 0 atom stereocenters. The van der Waals surface area contributed by atoms with Crippen LogP contribution in [0.1, 0.15) is 11.3 Å². The van der Waals surface area contributed by atoms with Crippen LogP contribution in [0.25, 0.3) is 5.78 Å². The average Bonchev–Trinajstić information content (AvgIpc) is 2.45. The van der Waals surface area contributed by atoms with Crippen LogP contribution in [0.3, 0.4) is 0 Å². The van der Waals surface area contributed by atoms with Gasteiger partial charge < -0.3 is 5.73 Å². The van der Waals surface area contributed by atoms with Gasteiger partial charge in [0, 0.05) is 12.4 Å². The first-order valence-electron chi connectivity index (χ1n) is 4.41. The highest BCUT2D eigenvalue weighted by molar-refractivity contribution is 6.30. The van der Waals surface area contributed by atoms with E-state index < -0.39 is 0 Å². The van der Waals surface area contributed by atoms with Gasteiger partial charge in [-0.2, -0.15) is 0 Å². The quantitative estimate of drug-likeness (QED) is 0.810. The number of imidazole rings is 1. The molecular formula is C9H11ClN4. The Bertz CT molecular complexity index is 463. The number of aryl methyl sites for hydroxylation is 1. The molecule has 0 aliphatic carbocycles. The van der Waals surface area contributed by atoms with Crippen LogP contribution < -0.4 is 5.73 Å². The molecule has 0 saturated carbocycles. The van der Waals surface area contributed by atoms with Crippen LogP contribution in [0.4, 0.5) is 0 Å². The minimum Gasteiger partial charge on any atom is -0.330 e. The third-order valence-electron chi connectivity index (χ3n) is 2.07. The van der Waals surface area contributed by atoms with Gasteiger partial charge in [-0.1, -0.05) is 11.6 Å². The Morgan fingerprint density at radius 1 is 1.57 bits per heavy atom. The second kappa shape index (κ2) is 3.55.